The largest absolute Gasteiger partial charge is 0.409 e. The second-order valence-electron chi connectivity index (χ2n) is 6.24. The van der Waals surface area contributed by atoms with Crippen molar-refractivity contribution >= 4 is 5.84 Å². The van der Waals surface area contributed by atoms with Crippen molar-refractivity contribution in [2.45, 2.75) is 63.8 Å². The highest BCUT2D eigenvalue weighted by atomic mass is 16.4. The molecule has 0 bridgehead atoms. The lowest BCUT2D eigenvalue weighted by molar-refractivity contribution is 0.236. The molecule has 0 aromatic carbocycles. The summed E-state index contributed by atoms with van der Waals surface area (Å²) >= 11 is 0. The van der Waals surface area contributed by atoms with Crippen LogP contribution in [0.25, 0.3) is 0 Å². The summed E-state index contributed by atoms with van der Waals surface area (Å²) in [5.41, 5.74) is 6.21. The molecule has 0 amide bonds. The first kappa shape index (κ1) is 12.7. The van der Waals surface area contributed by atoms with Crippen LogP contribution in [-0.2, 0) is 0 Å². The molecule has 2 saturated carbocycles. The summed E-state index contributed by atoms with van der Waals surface area (Å²) in [5, 5.41) is 15.5. The third-order valence-corrected chi connectivity index (χ3v) is 4.49. The van der Waals surface area contributed by atoms with Crippen LogP contribution in [0.4, 0.5) is 0 Å². The van der Waals surface area contributed by atoms with Crippen LogP contribution in [0.3, 0.4) is 0 Å². The number of oxime groups is 1. The van der Waals surface area contributed by atoms with Crippen LogP contribution in [-0.4, -0.2) is 23.1 Å². The molecule has 0 atom stereocenters. The quantitative estimate of drug-likeness (QED) is 0.298. The van der Waals surface area contributed by atoms with E-state index in [9.17, 15) is 0 Å². The number of rotatable bonds is 5. The number of nitrogens with two attached hydrogens (primary N) is 1. The Morgan fingerprint density at radius 3 is 2.41 bits per heavy atom. The van der Waals surface area contributed by atoms with E-state index in [4.69, 9.17) is 10.9 Å². The highest BCUT2D eigenvalue weighted by molar-refractivity contribution is 5.80. The Bertz CT molecular complexity index is 291. The Balaban J connectivity index is 1.81. The Kier molecular flexibility index (Phi) is 3.61. The van der Waals surface area contributed by atoms with Gasteiger partial charge < -0.3 is 16.3 Å². The van der Waals surface area contributed by atoms with Gasteiger partial charge in [0.15, 0.2) is 0 Å². The van der Waals surface area contributed by atoms with Crippen LogP contribution in [0.5, 0.6) is 0 Å². The van der Waals surface area contributed by atoms with Crippen LogP contribution in [0.1, 0.15) is 58.3 Å². The first-order valence-electron chi connectivity index (χ1n) is 6.79. The predicted octanol–water partition coefficient (Wildman–Crippen LogP) is 2.22. The number of amidine groups is 1. The second kappa shape index (κ2) is 4.84. The van der Waals surface area contributed by atoms with Gasteiger partial charge in [-0.05, 0) is 38.0 Å². The highest BCUT2D eigenvalue weighted by Gasteiger charge is 2.44. The van der Waals surface area contributed by atoms with Crippen LogP contribution >= 0.6 is 0 Å². The average Bonchev–Trinajstić information content (AvgIpc) is 3.08. The number of hydrogen-bond donors (Lipinski definition) is 3. The molecule has 4 heteroatoms. The van der Waals surface area contributed by atoms with Crippen molar-refractivity contribution in [1.82, 2.24) is 5.32 Å². The van der Waals surface area contributed by atoms with Crippen LogP contribution in [0.15, 0.2) is 5.16 Å². The van der Waals surface area contributed by atoms with Gasteiger partial charge in [0, 0.05) is 18.5 Å². The minimum Gasteiger partial charge on any atom is -0.409 e. The topological polar surface area (TPSA) is 70.6 Å². The summed E-state index contributed by atoms with van der Waals surface area (Å²) < 4.78 is 0. The zero-order valence-corrected chi connectivity index (χ0v) is 10.8. The zero-order valence-electron chi connectivity index (χ0n) is 10.8. The van der Waals surface area contributed by atoms with Gasteiger partial charge in [-0.1, -0.05) is 24.4 Å². The first-order chi connectivity index (χ1) is 8.08. The normalized spacial score (nSPS) is 26.8. The van der Waals surface area contributed by atoms with E-state index in [0.717, 1.165) is 13.0 Å². The molecule has 4 nitrogen and oxygen atoms in total. The molecule has 0 aromatic rings. The van der Waals surface area contributed by atoms with E-state index in [2.05, 4.69) is 17.4 Å². The van der Waals surface area contributed by atoms with Crippen molar-refractivity contribution < 1.29 is 5.21 Å². The number of nitrogens with zero attached hydrogens (tertiary/aromatic N) is 1. The molecule has 98 valence electrons. The number of hydrogen-bond acceptors (Lipinski definition) is 3. The lowest BCUT2D eigenvalue weighted by atomic mass is 9.83. The molecule has 2 rings (SSSR count). The predicted molar refractivity (Wildman–Crippen MR) is 69.2 cm³/mol. The summed E-state index contributed by atoms with van der Waals surface area (Å²) in [6.07, 6.45) is 9.77. The van der Waals surface area contributed by atoms with Gasteiger partial charge in [0.05, 0.1) is 0 Å². The second-order valence-corrected chi connectivity index (χ2v) is 6.24. The van der Waals surface area contributed by atoms with E-state index in [-0.39, 0.29) is 5.41 Å². The minimum absolute atomic E-state index is 0.275. The fourth-order valence-corrected chi connectivity index (χ4v) is 2.92. The van der Waals surface area contributed by atoms with Crippen molar-refractivity contribution in [3.8, 4) is 0 Å². The van der Waals surface area contributed by atoms with Gasteiger partial charge >= 0.3 is 0 Å². The molecule has 0 aromatic heterocycles. The van der Waals surface area contributed by atoms with Crippen molar-refractivity contribution in [1.29, 1.82) is 0 Å². The van der Waals surface area contributed by atoms with Gasteiger partial charge in [-0.15, -0.1) is 0 Å². The Morgan fingerprint density at radius 1 is 1.24 bits per heavy atom. The van der Waals surface area contributed by atoms with Gasteiger partial charge in [-0.3, -0.25) is 0 Å². The third kappa shape index (κ3) is 3.35. The maximum absolute atomic E-state index is 8.64. The Morgan fingerprint density at radius 2 is 1.88 bits per heavy atom. The molecule has 2 aliphatic carbocycles. The summed E-state index contributed by atoms with van der Waals surface area (Å²) in [4.78, 5) is 0. The van der Waals surface area contributed by atoms with Gasteiger partial charge in [0.2, 0.25) is 0 Å². The fourth-order valence-electron chi connectivity index (χ4n) is 2.92. The van der Waals surface area contributed by atoms with E-state index in [1.165, 1.54) is 44.9 Å². The summed E-state index contributed by atoms with van der Waals surface area (Å²) in [5.74, 6) is 0.373. The smallest absolute Gasteiger partial charge is 0.139 e. The molecule has 0 unspecified atom stereocenters. The molecular weight excluding hydrogens is 214 g/mol. The standard InChI is InChI=1S/C13H25N3O/c1-12(5-3-2-4-6-12)15-10-13(7-8-13)9-11(14)16-17/h15,17H,2-10H2,1H3,(H2,14,16). The Labute approximate surface area is 104 Å². The molecule has 0 spiro atoms. The van der Waals surface area contributed by atoms with Crippen LogP contribution in [0, 0.1) is 5.41 Å². The van der Waals surface area contributed by atoms with Gasteiger partial charge in [-0.25, -0.2) is 0 Å². The van der Waals surface area contributed by atoms with Crippen molar-refractivity contribution in [2.24, 2.45) is 16.3 Å². The maximum Gasteiger partial charge on any atom is 0.139 e. The highest BCUT2D eigenvalue weighted by Crippen LogP contribution is 2.48. The van der Waals surface area contributed by atoms with E-state index in [1.807, 2.05) is 0 Å². The molecule has 0 heterocycles. The first-order valence-corrected chi connectivity index (χ1v) is 6.79. The molecule has 0 saturated heterocycles. The molecule has 2 aliphatic rings. The third-order valence-electron chi connectivity index (χ3n) is 4.49. The molecule has 17 heavy (non-hydrogen) atoms. The minimum atomic E-state index is 0.275. The van der Waals surface area contributed by atoms with Crippen molar-refractivity contribution in [2.75, 3.05) is 6.54 Å². The molecular formula is C13H25N3O. The maximum atomic E-state index is 8.64. The molecule has 4 N–H and O–H groups in total. The van der Waals surface area contributed by atoms with E-state index in [0.29, 0.717) is 11.4 Å². The molecule has 0 radical (unpaired) electrons. The van der Waals surface area contributed by atoms with Crippen molar-refractivity contribution in [3.05, 3.63) is 0 Å². The lowest BCUT2D eigenvalue weighted by Gasteiger charge is -2.36. The lowest BCUT2D eigenvalue weighted by Crippen LogP contribution is -2.46. The van der Waals surface area contributed by atoms with Crippen molar-refractivity contribution in [3.63, 3.8) is 0 Å². The van der Waals surface area contributed by atoms with Crippen LogP contribution in [0.2, 0.25) is 0 Å². The SMILES string of the molecule is CC1(NCC2(CC(N)=NO)CC2)CCCCC1. The molecule has 2 fully saturated rings. The number of nitrogens with one attached hydrogen (secondary N) is 1. The van der Waals surface area contributed by atoms with Crippen LogP contribution < -0.4 is 11.1 Å². The van der Waals surface area contributed by atoms with E-state index >= 15 is 0 Å². The molecule has 0 aliphatic heterocycles. The van der Waals surface area contributed by atoms with E-state index < -0.39 is 0 Å². The van der Waals surface area contributed by atoms with Gasteiger partial charge in [-0.2, -0.15) is 0 Å². The zero-order chi connectivity index (χ0) is 12.4. The van der Waals surface area contributed by atoms with E-state index in [1.54, 1.807) is 0 Å². The summed E-state index contributed by atoms with van der Waals surface area (Å²) in [6.45, 7) is 3.35. The van der Waals surface area contributed by atoms with Gasteiger partial charge in [0.1, 0.15) is 5.84 Å². The average molecular weight is 239 g/mol. The fraction of sp³-hybridized carbons (Fsp3) is 0.923. The summed E-state index contributed by atoms with van der Waals surface area (Å²) in [7, 11) is 0. The van der Waals surface area contributed by atoms with Gasteiger partial charge in [0.25, 0.3) is 0 Å². The monoisotopic (exact) mass is 239 g/mol. The Hall–Kier alpha value is -0.770. The summed E-state index contributed by atoms with van der Waals surface area (Å²) in [6, 6.07) is 0.